The van der Waals surface area contributed by atoms with E-state index in [-0.39, 0.29) is 11.7 Å². The van der Waals surface area contributed by atoms with Gasteiger partial charge in [-0.15, -0.1) is 6.42 Å². The lowest BCUT2D eigenvalue weighted by molar-refractivity contribution is 0.306. The molecule has 5 nitrogen and oxygen atoms in total. The predicted octanol–water partition coefficient (Wildman–Crippen LogP) is 1.17. The van der Waals surface area contributed by atoms with Crippen LogP contribution in [-0.4, -0.2) is 45.0 Å². The Morgan fingerprint density at radius 1 is 1.32 bits per heavy atom. The van der Waals surface area contributed by atoms with Gasteiger partial charge in [-0.05, 0) is 31.1 Å². The summed E-state index contributed by atoms with van der Waals surface area (Å²) < 4.78 is 23.0. The smallest absolute Gasteiger partial charge is 0.192 e. The van der Waals surface area contributed by atoms with E-state index >= 15 is 0 Å². The first-order chi connectivity index (χ1) is 10.5. The quantitative estimate of drug-likeness (QED) is 0.462. The van der Waals surface area contributed by atoms with Crippen LogP contribution in [0.3, 0.4) is 0 Å². The van der Waals surface area contributed by atoms with Gasteiger partial charge >= 0.3 is 0 Å². The SMILES string of the molecule is C#CCNC(=NCC1CCS(=O)(=O)C1)NC1CCCCC1C. The van der Waals surface area contributed by atoms with Crippen LogP contribution in [-0.2, 0) is 9.84 Å². The van der Waals surface area contributed by atoms with Crippen LogP contribution in [0.15, 0.2) is 4.99 Å². The molecule has 2 aliphatic rings. The molecule has 0 aromatic carbocycles. The molecule has 2 rings (SSSR count). The molecule has 3 atom stereocenters. The second-order valence-corrected chi connectivity index (χ2v) is 8.76. The minimum Gasteiger partial charge on any atom is -0.353 e. The van der Waals surface area contributed by atoms with Crippen molar-refractivity contribution in [3.63, 3.8) is 0 Å². The van der Waals surface area contributed by atoms with Crippen LogP contribution >= 0.6 is 0 Å². The summed E-state index contributed by atoms with van der Waals surface area (Å²) in [6.07, 6.45) is 11.0. The highest BCUT2D eigenvalue weighted by Gasteiger charge is 2.28. The summed E-state index contributed by atoms with van der Waals surface area (Å²) in [7, 11) is -2.84. The van der Waals surface area contributed by atoms with Crippen molar-refractivity contribution in [2.75, 3.05) is 24.6 Å². The molecule has 0 aromatic heterocycles. The molecule has 0 amide bonds. The lowest BCUT2D eigenvalue weighted by Crippen LogP contribution is -2.47. The summed E-state index contributed by atoms with van der Waals surface area (Å²) in [4.78, 5) is 4.57. The van der Waals surface area contributed by atoms with E-state index in [9.17, 15) is 8.42 Å². The Morgan fingerprint density at radius 3 is 2.73 bits per heavy atom. The van der Waals surface area contributed by atoms with E-state index in [2.05, 4.69) is 28.5 Å². The van der Waals surface area contributed by atoms with Crippen LogP contribution in [0.1, 0.15) is 39.0 Å². The molecule has 1 aliphatic heterocycles. The number of hydrogen-bond donors (Lipinski definition) is 2. The molecule has 2 N–H and O–H groups in total. The fraction of sp³-hybridized carbons (Fsp3) is 0.812. The molecule has 22 heavy (non-hydrogen) atoms. The van der Waals surface area contributed by atoms with Gasteiger partial charge in [-0.25, -0.2) is 8.42 Å². The van der Waals surface area contributed by atoms with Crippen molar-refractivity contribution in [3.8, 4) is 12.3 Å². The molecule has 1 saturated heterocycles. The van der Waals surface area contributed by atoms with Gasteiger partial charge in [-0.1, -0.05) is 25.7 Å². The van der Waals surface area contributed by atoms with Crippen molar-refractivity contribution in [2.24, 2.45) is 16.8 Å². The van der Waals surface area contributed by atoms with Crippen molar-refractivity contribution >= 4 is 15.8 Å². The van der Waals surface area contributed by atoms with Crippen LogP contribution in [0.4, 0.5) is 0 Å². The molecule has 0 radical (unpaired) electrons. The fourth-order valence-corrected chi connectivity index (χ4v) is 5.08. The summed E-state index contributed by atoms with van der Waals surface area (Å²) in [5.41, 5.74) is 0. The Balaban J connectivity index is 1.93. The number of guanidine groups is 1. The Hall–Kier alpha value is -1.22. The van der Waals surface area contributed by atoms with E-state index in [0.29, 0.717) is 37.2 Å². The van der Waals surface area contributed by atoms with Gasteiger partial charge in [-0.2, -0.15) is 0 Å². The van der Waals surface area contributed by atoms with Gasteiger partial charge in [0.1, 0.15) is 0 Å². The predicted molar refractivity (Wildman–Crippen MR) is 90.5 cm³/mol. The first-order valence-corrected chi connectivity index (χ1v) is 10.0. The first kappa shape index (κ1) is 17.1. The molecule has 124 valence electrons. The monoisotopic (exact) mass is 325 g/mol. The second kappa shape index (κ2) is 7.87. The molecule has 1 saturated carbocycles. The van der Waals surface area contributed by atoms with Gasteiger partial charge in [-0.3, -0.25) is 4.99 Å². The Kier molecular flexibility index (Phi) is 6.13. The van der Waals surface area contributed by atoms with E-state index < -0.39 is 9.84 Å². The van der Waals surface area contributed by atoms with Crippen LogP contribution in [0.5, 0.6) is 0 Å². The normalized spacial score (nSPS) is 31.5. The van der Waals surface area contributed by atoms with E-state index in [1.807, 2.05) is 0 Å². The number of hydrogen-bond acceptors (Lipinski definition) is 3. The van der Waals surface area contributed by atoms with Crippen LogP contribution in [0.25, 0.3) is 0 Å². The maximum atomic E-state index is 11.5. The first-order valence-electron chi connectivity index (χ1n) is 8.19. The maximum Gasteiger partial charge on any atom is 0.192 e. The molecule has 1 aliphatic carbocycles. The third kappa shape index (κ3) is 5.20. The number of terminal acetylenes is 1. The maximum absolute atomic E-state index is 11.5. The largest absolute Gasteiger partial charge is 0.353 e. The number of aliphatic imine (C=N–C) groups is 1. The van der Waals surface area contributed by atoms with Crippen molar-refractivity contribution in [2.45, 2.75) is 45.1 Å². The van der Waals surface area contributed by atoms with Gasteiger partial charge in [0.15, 0.2) is 15.8 Å². The zero-order valence-corrected chi connectivity index (χ0v) is 14.2. The van der Waals surface area contributed by atoms with Gasteiger partial charge in [0.25, 0.3) is 0 Å². The molecular weight excluding hydrogens is 298 g/mol. The van der Waals surface area contributed by atoms with E-state index in [4.69, 9.17) is 6.42 Å². The van der Waals surface area contributed by atoms with E-state index in [1.165, 1.54) is 19.3 Å². The minimum absolute atomic E-state index is 0.137. The number of sulfone groups is 1. The summed E-state index contributed by atoms with van der Waals surface area (Å²) in [5, 5.41) is 6.61. The Bertz CT molecular complexity index is 536. The Labute approximate surface area is 134 Å². The van der Waals surface area contributed by atoms with Gasteiger partial charge in [0.05, 0.1) is 18.1 Å². The number of nitrogens with zero attached hydrogens (tertiary/aromatic N) is 1. The van der Waals surface area contributed by atoms with E-state index in [0.717, 1.165) is 12.4 Å². The Morgan fingerprint density at radius 2 is 2.09 bits per heavy atom. The third-order valence-corrected chi connectivity index (χ3v) is 6.46. The zero-order valence-electron chi connectivity index (χ0n) is 13.3. The van der Waals surface area contributed by atoms with Crippen molar-refractivity contribution < 1.29 is 8.42 Å². The second-order valence-electron chi connectivity index (χ2n) is 6.53. The highest BCUT2D eigenvalue weighted by atomic mass is 32.2. The van der Waals surface area contributed by atoms with E-state index in [1.54, 1.807) is 0 Å². The topological polar surface area (TPSA) is 70.6 Å². The molecule has 1 heterocycles. The van der Waals surface area contributed by atoms with Crippen LogP contribution in [0, 0.1) is 24.2 Å². The lowest BCUT2D eigenvalue weighted by atomic mass is 9.86. The van der Waals surface area contributed by atoms with Crippen molar-refractivity contribution in [3.05, 3.63) is 0 Å². The summed E-state index contributed by atoms with van der Waals surface area (Å²) in [5.74, 6) is 4.61. The molecule has 6 heteroatoms. The highest BCUT2D eigenvalue weighted by Crippen LogP contribution is 2.23. The standard InChI is InChI=1S/C16H27N3O2S/c1-3-9-17-16(19-15-7-5-4-6-13(15)2)18-11-14-8-10-22(20,21)12-14/h1,13-15H,4-12H2,2H3,(H2,17,18,19). The summed E-state index contributed by atoms with van der Waals surface area (Å²) in [6.45, 7) is 3.23. The third-order valence-electron chi connectivity index (χ3n) is 4.63. The van der Waals surface area contributed by atoms with Crippen molar-refractivity contribution in [1.82, 2.24) is 10.6 Å². The van der Waals surface area contributed by atoms with Gasteiger partial charge in [0.2, 0.25) is 0 Å². The zero-order chi connectivity index (χ0) is 16.0. The highest BCUT2D eigenvalue weighted by molar-refractivity contribution is 7.91. The molecule has 3 unspecified atom stereocenters. The lowest BCUT2D eigenvalue weighted by Gasteiger charge is -2.30. The molecule has 0 bridgehead atoms. The molecule has 0 aromatic rings. The molecule has 0 spiro atoms. The van der Waals surface area contributed by atoms with Crippen molar-refractivity contribution in [1.29, 1.82) is 0 Å². The van der Waals surface area contributed by atoms with Gasteiger partial charge in [0, 0.05) is 12.6 Å². The van der Waals surface area contributed by atoms with Crippen LogP contribution < -0.4 is 10.6 Å². The minimum atomic E-state index is -2.84. The summed E-state index contributed by atoms with van der Waals surface area (Å²) >= 11 is 0. The van der Waals surface area contributed by atoms with Gasteiger partial charge < -0.3 is 10.6 Å². The number of nitrogens with one attached hydrogen (secondary N) is 2. The average Bonchev–Trinajstić information content (AvgIpc) is 2.83. The van der Waals surface area contributed by atoms with Crippen LogP contribution in [0.2, 0.25) is 0 Å². The molecular formula is C16H27N3O2S. The average molecular weight is 325 g/mol. The number of rotatable bonds is 4. The fourth-order valence-electron chi connectivity index (χ4n) is 3.23. The molecule has 2 fully saturated rings. The summed E-state index contributed by atoms with van der Waals surface area (Å²) in [6, 6.07) is 0.421.